The van der Waals surface area contributed by atoms with Crippen LogP contribution in [-0.2, 0) is 33.6 Å². The van der Waals surface area contributed by atoms with Crippen LogP contribution in [0.3, 0.4) is 0 Å². The summed E-state index contributed by atoms with van der Waals surface area (Å²) in [6.45, 7) is 9.24. The summed E-state index contributed by atoms with van der Waals surface area (Å²) in [5.74, 6) is -1.00. The third-order valence-corrected chi connectivity index (χ3v) is 6.75. The van der Waals surface area contributed by atoms with Crippen LogP contribution in [0.4, 0.5) is 28.9 Å². The summed E-state index contributed by atoms with van der Waals surface area (Å²) in [4.78, 5) is 41.0. The SMILES string of the molecule is CC.CC(C)(C)OC(=O)Nc1cccc(CC(=O)Nc2nnc(CCCC/C(N)=C/C=C(\N)NC(=O)Cc3cccc(OC(F)(F)F)c3)s2)n1. The molecule has 7 N–H and O–H groups in total. The topological polar surface area (TPSA) is 196 Å². The van der Waals surface area contributed by atoms with Gasteiger partial charge in [-0.3, -0.25) is 14.9 Å². The summed E-state index contributed by atoms with van der Waals surface area (Å²) in [6, 6.07) is 10.0. The number of ether oxygens (including phenoxy) is 2. The Labute approximate surface area is 292 Å². The van der Waals surface area contributed by atoms with Crippen molar-refractivity contribution in [3.8, 4) is 5.75 Å². The highest BCUT2D eigenvalue weighted by Crippen LogP contribution is 2.23. The van der Waals surface area contributed by atoms with Gasteiger partial charge in [0.1, 0.15) is 28.0 Å². The highest BCUT2D eigenvalue weighted by molar-refractivity contribution is 7.15. The molecular formula is C33H43F3N8O5S. The van der Waals surface area contributed by atoms with Crippen LogP contribution in [0.2, 0.25) is 0 Å². The van der Waals surface area contributed by atoms with Gasteiger partial charge >= 0.3 is 12.5 Å². The zero-order valence-corrected chi connectivity index (χ0v) is 29.3. The molecule has 3 aromatic rings. The maximum atomic E-state index is 12.5. The number of carbonyl (C=O) groups is 3. The number of alkyl halides is 3. The monoisotopic (exact) mass is 720 g/mol. The van der Waals surface area contributed by atoms with Gasteiger partial charge in [0.25, 0.3) is 0 Å². The van der Waals surface area contributed by atoms with Crippen molar-refractivity contribution >= 4 is 40.2 Å². The minimum atomic E-state index is -4.83. The molecular weight excluding hydrogens is 677 g/mol. The van der Waals surface area contributed by atoms with Crippen LogP contribution in [0, 0.1) is 0 Å². The number of nitrogens with one attached hydrogen (secondary N) is 3. The molecule has 17 heteroatoms. The van der Waals surface area contributed by atoms with Crippen LogP contribution in [-0.4, -0.2) is 45.1 Å². The van der Waals surface area contributed by atoms with E-state index in [1.165, 1.54) is 29.5 Å². The molecule has 0 fully saturated rings. The molecule has 0 saturated heterocycles. The summed E-state index contributed by atoms with van der Waals surface area (Å²) in [5, 5.41) is 16.9. The van der Waals surface area contributed by atoms with Crippen LogP contribution in [0.15, 0.2) is 66.1 Å². The van der Waals surface area contributed by atoms with Gasteiger partial charge in [-0.25, -0.2) is 9.78 Å². The standard InChI is InChI=1S/C31H37F3N8O5S.C2H6/c1-30(2,3)47-29(45)39-24-12-7-10-21(37-24)18-26(44)40-28-42-41-27(48-28)13-5-4-9-20(35)14-15-23(36)38-25(43)17-19-8-6-11-22(16-19)46-31(32,33)34;1-2/h6-8,10-12,14-16H,4-5,9,13,17-18,35-36H2,1-3H3,(H,38,43)(H,37,39,45)(H,40,42,44);1-2H3/b20-14-,23-15+;. The first-order valence-electron chi connectivity index (χ1n) is 15.7. The second kappa shape index (κ2) is 19.7. The molecule has 0 aliphatic rings. The predicted molar refractivity (Wildman–Crippen MR) is 185 cm³/mol. The van der Waals surface area contributed by atoms with Gasteiger partial charge in [0, 0.05) is 12.1 Å². The first-order chi connectivity index (χ1) is 23.5. The zero-order chi connectivity index (χ0) is 37.3. The number of pyridine rings is 1. The number of hydrogen-bond acceptors (Lipinski definition) is 11. The van der Waals surface area contributed by atoms with Crippen molar-refractivity contribution in [1.82, 2.24) is 20.5 Å². The van der Waals surface area contributed by atoms with Crippen LogP contribution in [0.25, 0.3) is 0 Å². The molecule has 50 heavy (non-hydrogen) atoms. The Balaban J connectivity index is 0.00000425. The highest BCUT2D eigenvalue weighted by atomic mass is 32.1. The Kier molecular flexibility index (Phi) is 16.2. The third-order valence-electron chi connectivity index (χ3n) is 5.85. The lowest BCUT2D eigenvalue weighted by Gasteiger charge is -2.19. The average Bonchev–Trinajstić information content (AvgIpc) is 3.44. The molecule has 1 aromatic carbocycles. The van der Waals surface area contributed by atoms with E-state index in [0.717, 1.165) is 30.0 Å². The fourth-order valence-electron chi connectivity index (χ4n) is 3.96. The Bertz CT molecular complexity index is 1640. The normalized spacial score (nSPS) is 11.9. The highest BCUT2D eigenvalue weighted by Gasteiger charge is 2.31. The molecule has 0 aliphatic carbocycles. The molecule has 2 heterocycles. The number of hydrogen-bond donors (Lipinski definition) is 5. The molecule has 3 amide bonds. The molecule has 0 unspecified atom stereocenters. The predicted octanol–water partition coefficient (Wildman–Crippen LogP) is 6.10. The van der Waals surface area contributed by atoms with Gasteiger partial charge in [0.15, 0.2) is 0 Å². The maximum Gasteiger partial charge on any atom is 0.573 e. The molecule has 2 aromatic heterocycles. The molecule has 272 valence electrons. The van der Waals surface area contributed by atoms with Crippen molar-refractivity contribution in [2.75, 3.05) is 10.6 Å². The third kappa shape index (κ3) is 17.3. The fraction of sp³-hybridized carbons (Fsp3) is 0.394. The first-order valence-corrected chi connectivity index (χ1v) is 16.5. The number of unbranched alkanes of at least 4 members (excludes halogenated alkanes) is 1. The second-order valence-electron chi connectivity index (χ2n) is 11.4. The van der Waals surface area contributed by atoms with Gasteiger partial charge in [-0.1, -0.05) is 43.4 Å². The molecule has 0 saturated carbocycles. The molecule has 0 atom stereocenters. The molecule has 0 aliphatic heterocycles. The van der Waals surface area contributed by atoms with Crippen LogP contribution >= 0.6 is 11.3 Å². The van der Waals surface area contributed by atoms with Crippen molar-refractivity contribution in [2.24, 2.45) is 11.5 Å². The van der Waals surface area contributed by atoms with E-state index in [9.17, 15) is 27.6 Å². The van der Waals surface area contributed by atoms with Crippen molar-refractivity contribution in [3.63, 3.8) is 0 Å². The summed E-state index contributed by atoms with van der Waals surface area (Å²) in [5.41, 5.74) is 12.5. The number of nitrogens with two attached hydrogens (primary N) is 2. The van der Waals surface area contributed by atoms with E-state index in [1.807, 2.05) is 13.8 Å². The van der Waals surface area contributed by atoms with E-state index in [1.54, 1.807) is 45.0 Å². The molecule has 13 nitrogen and oxygen atoms in total. The summed E-state index contributed by atoms with van der Waals surface area (Å²) < 4.78 is 46.3. The van der Waals surface area contributed by atoms with E-state index < -0.39 is 29.7 Å². The van der Waals surface area contributed by atoms with Crippen LogP contribution in [0.1, 0.15) is 70.1 Å². The number of nitrogens with zero attached hydrogens (tertiary/aromatic N) is 3. The number of allylic oxidation sites excluding steroid dienone is 3. The van der Waals surface area contributed by atoms with Crippen LogP contribution < -0.4 is 32.2 Å². The fourth-order valence-corrected chi connectivity index (χ4v) is 4.76. The lowest BCUT2D eigenvalue weighted by Crippen LogP contribution is -2.28. The number of aryl methyl sites for hydroxylation is 1. The van der Waals surface area contributed by atoms with Gasteiger partial charge < -0.3 is 31.6 Å². The number of amides is 3. The molecule has 0 radical (unpaired) electrons. The van der Waals surface area contributed by atoms with Crippen LogP contribution in [0.5, 0.6) is 5.75 Å². The Morgan fingerprint density at radius 3 is 2.34 bits per heavy atom. The van der Waals surface area contributed by atoms with Gasteiger partial charge in [-0.2, -0.15) is 0 Å². The van der Waals surface area contributed by atoms with Gasteiger partial charge in [0.2, 0.25) is 16.9 Å². The lowest BCUT2D eigenvalue weighted by molar-refractivity contribution is -0.274. The largest absolute Gasteiger partial charge is 0.573 e. The number of rotatable bonds is 14. The minimum absolute atomic E-state index is 0.0232. The number of aromatic nitrogens is 3. The van der Waals surface area contributed by atoms with E-state index in [0.29, 0.717) is 34.9 Å². The maximum absolute atomic E-state index is 12.5. The smallest absolute Gasteiger partial charge is 0.444 e. The Hall–Kier alpha value is -5.19. The summed E-state index contributed by atoms with van der Waals surface area (Å²) in [7, 11) is 0. The first kappa shape index (κ1) is 41.0. The number of anilines is 2. The van der Waals surface area contributed by atoms with E-state index in [4.69, 9.17) is 16.2 Å². The molecule has 3 rings (SSSR count). The molecule has 0 bridgehead atoms. The van der Waals surface area contributed by atoms with Gasteiger partial charge in [-0.15, -0.1) is 23.4 Å². The molecule has 0 spiro atoms. The van der Waals surface area contributed by atoms with E-state index >= 15 is 0 Å². The van der Waals surface area contributed by atoms with Gasteiger partial charge in [-0.05, 0) is 82.0 Å². The second-order valence-corrected chi connectivity index (χ2v) is 12.4. The zero-order valence-electron chi connectivity index (χ0n) is 28.5. The quantitative estimate of drug-likeness (QED) is 0.0959. The van der Waals surface area contributed by atoms with Crippen molar-refractivity contribution in [2.45, 2.75) is 85.1 Å². The Morgan fingerprint density at radius 2 is 1.64 bits per heavy atom. The van der Waals surface area contributed by atoms with E-state index in [2.05, 4.69) is 35.9 Å². The van der Waals surface area contributed by atoms with Gasteiger partial charge in [0.05, 0.1) is 18.5 Å². The summed E-state index contributed by atoms with van der Waals surface area (Å²) >= 11 is 1.25. The number of carbonyl (C=O) groups excluding carboxylic acids is 3. The minimum Gasteiger partial charge on any atom is -0.444 e. The van der Waals surface area contributed by atoms with E-state index in [-0.39, 0.29) is 30.4 Å². The van der Waals surface area contributed by atoms with Crippen molar-refractivity contribution in [3.05, 3.63) is 82.4 Å². The lowest BCUT2D eigenvalue weighted by atomic mass is 10.1. The summed E-state index contributed by atoms with van der Waals surface area (Å²) in [6.07, 6.45) is -0.118. The number of benzene rings is 1. The Morgan fingerprint density at radius 1 is 0.920 bits per heavy atom. The average molecular weight is 721 g/mol. The number of halogens is 3. The van der Waals surface area contributed by atoms with Crippen molar-refractivity contribution < 1.29 is 37.0 Å². The van der Waals surface area contributed by atoms with Crippen molar-refractivity contribution in [1.29, 1.82) is 0 Å².